The van der Waals surface area contributed by atoms with E-state index in [9.17, 15) is 4.79 Å². The summed E-state index contributed by atoms with van der Waals surface area (Å²) in [6, 6.07) is 2.27. The summed E-state index contributed by atoms with van der Waals surface area (Å²) in [7, 11) is 0. The van der Waals surface area contributed by atoms with Crippen LogP contribution < -0.4 is 5.32 Å². The minimum Gasteiger partial charge on any atom is -0.352 e. The highest BCUT2D eigenvalue weighted by Gasteiger charge is 2.27. The van der Waals surface area contributed by atoms with Crippen molar-refractivity contribution in [2.24, 2.45) is 0 Å². The third kappa shape index (κ3) is 2.63. The van der Waals surface area contributed by atoms with Crippen molar-refractivity contribution in [1.29, 1.82) is 0 Å². The molecule has 1 aliphatic rings. The lowest BCUT2D eigenvalue weighted by Gasteiger charge is -2.10. The maximum atomic E-state index is 12.0. The molecule has 1 amide bonds. The number of aromatic nitrogens is 4. The van der Waals surface area contributed by atoms with E-state index >= 15 is 0 Å². The Hall–Kier alpha value is -1.63. The van der Waals surface area contributed by atoms with Gasteiger partial charge in [0.15, 0.2) is 10.8 Å². The first-order chi connectivity index (χ1) is 9.54. The van der Waals surface area contributed by atoms with Crippen molar-refractivity contribution in [3.63, 3.8) is 0 Å². The van der Waals surface area contributed by atoms with Crippen molar-refractivity contribution in [2.45, 2.75) is 50.1 Å². The quantitative estimate of drug-likeness (QED) is 0.864. The van der Waals surface area contributed by atoms with E-state index in [1.54, 1.807) is 0 Å². The van der Waals surface area contributed by atoms with Gasteiger partial charge < -0.3 is 5.32 Å². The van der Waals surface area contributed by atoms with Crippen molar-refractivity contribution in [3.05, 3.63) is 17.6 Å². The van der Waals surface area contributed by atoms with Crippen molar-refractivity contribution >= 4 is 23.3 Å². The predicted molar refractivity (Wildman–Crippen MR) is 76.7 cm³/mol. The van der Waals surface area contributed by atoms with Gasteiger partial charge in [-0.1, -0.05) is 11.8 Å². The second-order valence-electron chi connectivity index (χ2n) is 5.16. The summed E-state index contributed by atoms with van der Waals surface area (Å²) in [4.78, 5) is 16.4. The molecule has 106 valence electrons. The molecule has 6 nitrogen and oxygen atoms in total. The van der Waals surface area contributed by atoms with Crippen LogP contribution in [-0.4, -0.2) is 36.8 Å². The van der Waals surface area contributed by atoms with Crippen molar-refractivity contribution in [3.8, 4) is 0 Å². The van der Waals surface area contributed by atoms with E-state index in [1.807, 2.05) is 31.2 Å². The van der Waals surface area contributed by atoms with Crippen LogP contribution in [0.1, 0.15) is 31.3 Å². The van der Waals surface area contributed by atoms with Gasteiger partial charge in [-0.2, -0.15) is 0 Å². The lowest BCUT2D eigenvalue weighted by molar-refractivity contribution is -0.120. The maximum Gasteiger partial charge on any atom is 0.233 e. The van der Waals surface area contributed by atoms with Gasteiger partial charge in [-0.05, 0) is 33.6 Å². The number of nitrogens with zero attached hydrogens (tertiary/aromatic N) is 4. The normalized spacial score (nSPS) is 16.4. The second-order valence-corrected chi connectivity index (χ2v) is 6.47. The van der Waals surface area contributed by atoms with Gasteiger partial charge in [-0.3, -0.25) is 9.20 Å². The molecule has 2 heterocycles. The third-order valence-corrected chi connectivity index (χ3v) is 4.28. The fraction of sp³-hybridized carbons (Fsp3) is 0.538. The summed E-state index contributed by atoms with van der Waals surface area (Å²) in [5.41, 5.74) is 1.69. The van der Waals surface area contributed by atoms with E-state index in [0.717, 1.165) is 30.0 Å². The first-order valence-corrected chi connectivity index (χ1v) is 7.59. The zero-order valence-corrected chi connectivity index (χ0v) is 12.6. The molecule has 0 aliphatic heterocycles. The monoisotopic (exact) mass is 291 g/mol. The molecule has 0 spiro atoms. The lowest BCUT2D eigenvalue weighted by Crippen LogP contribution is -2.32. The smallest absolute Gasteiger partial charge is 0.233 e. The molecule has 1 atom stereocenters. The van der Waals surface area contributed by atoms with Crippen LogP contribution in [0.5, 0.6) is 0 Å². The highest BCUT2D eigenvalue weighted by atomic mass is 32.2. The Balaban J connectivity index is 1.81. The lowest BCUT2D eigenvalue weighted by atomic mass is 10.4. The van der Waals surface area contributed by atoms with Gasteiger partial charge in [-0.15, -0.1) is 10.2 Å². The Bertz CT molecular complexity index is 664. The van der Waals surface area contributed by atoms with Gasteiger partial charge in [0.05, 0.1) is 5.25 Å². The van der Waals surface area contributed by atoms with Gasteiger partial charge in [0.2, 0.25) is 5.91 Å². The first-order valence-electron chi connectivity index (χ1n) is 6.71. The fourth-order valence-electron chi connectivity index (χ4n) is 2.04. The Kier molecular flexibility index (Phi) is 3.37. The minimum atomic E-state index is -0.191. The van der Waals surface area contributed by atoms with Crippen LogP contribution in [0.25, 0.3) is 5.65 Å². The molecular weight excluding hydrogens is 274 g/mol. The number of thioether (sulfide) groups is 1. The van der Waals surface area contributed by atoms with Crippen LogP contribution in [0.2, 0.25) is 0 Å². The first kappa shape index (κ1) is 13.4. The highest BCUT2D eigenvalue weighted by molar-refractivity contribution is 8.00. The Morgan fingerprint density at radius 2 is 2.20 bits per heavy atom. The molecule has 0 radical (unpaired) electrons. The molecule has 20 heavy (non-hydrogen) atoms. The molecule has 1 fully saturated rings. The molecule has 1 unspecified atom stereocenters. The molecule has 1 aliphatic carbocycles. The number of amides is 1. The zero-order chi connectivity index (χ0) is 14.3. The molecule has 2 aromatic heterocycles. The number of nitrogens with one attached hydrogen (secondary N) is 1. The third-order valence-electron chi connectivity index (χ3n) is 3.23. The van der Waals surface area contributed by atoms with E-state index in [2.05, 4.69) is 20.5 Å². The van der Waals surface area contributed by atoms with Crippen LogP contribution in [-0.2, 0) is 4.79 Å². The number of fused-ring (bicyclic) bond motifs is 1. The topological polar surface area (TPSA) is 72.2 Å². The van der Waals surface area contributed by atoms with Crippen LogP contribution in [0.15, 0.2) is 11.2 Å². The Morgan fingerprint density at radius 3 is 2.90 bits per heavy atom. The van der Waals surface area contributed by atoms with E-state index < -0.39 is 0 Å². The number of hydrogen-bond donors (Lipinski definition) is 1. The predicted octanol–water partition coefficient (Wildman–Crippen LogP) is 1.50. The molecule has 2 aromatic rings. The Labute approximate surface area is 121 Å². The van der Waals surface area contributed by atoms with E-state index in [1.165, 1.54) is 11.8 Å². The summed E-state index contributed by atoms with van der Waals surface area (Å²) in [6.07, 6.45) is 2.19. The molecule has 0 bridgehead atoms. The number of aryl methyl sites for hydroxylation is 2. The van der Waals surface area contributed by atoms with Gasteiger partial charge in [-0.25, -0.2) is 4.98 Å². The molecule has 7 heteroatoms. The molecule has 3 rings (SSSR count). The minimum absolute atomic E-state index is 0.0620. The van der Waals surface area contributed by atoms with E-state index in [4.69, 9.17) is 0 Å². The van der Waals surface area contributed by atoms with Crippen LogP contribution >= 0.6 is 11.8 Å². The second kappa shape index (κ2) is 5.05. The van der Waals surface area contributed by atoms with Crippen molar-refractivity contribution < 1.29 is 4.79 Å². The standard InChI is InChI=1S/C13H17N5OS/c1-7-6-11-16-17-13(18(11)9(3)14-7)20-8(2)12(19)15-10-4-5-10/h6,8,10H,4-5H2,1-3H3,(H,15,19). The number of carbonyl (C=O) groups excluding carboxylic acids is 1. The van der Waals surface area contributed by atoms with Gasteiger partial charge >= 0.3 is 0 Å². The largest absolute Gasteiger partial charge is 0.352 e. The summed E-state index contributed by atoms with van der Waals surface area (Å²) in [5, 5.41) is 11.8. The average molecular weight is 291 g/mol. The van der Waals surface area contributed by atoms with E-state index in [0.29, 0.717) is 11.2 Å². The summed E-state index contributed by atoms with van der Waals surface area (Å²) in [6.45, 7) is 5.74. The van der Waals surface area contributed by atoms with Crippen LogP contribution in [0.4, 0.5) is 0 Å². The SMILES string of the molecule is Cc1cc2nnc(SC(C)C(=O)NC3CC3)n2c(C)n1. The molecular formula is C13H17N5OS. The summed E-state index contributed by atoms with van der Waals surface area (Å²) in [5.74, 6) is 0.897. The zero-order valence-electron chi connectivity index (χ0n) is 11.8. The number of carbonyl (C=O) groups is 1. The van der Waals surface area contributed by atoms with Crippen LogP contribution in [0, 0.1) is 13.8 Å². The number of rotatable bonds is 4. The van der Waals surface area contributed by atoms with Crippen LogP contribution in [0.3, 0.4) is 0 Å². The van der Waals surface area contributed by atoms with Gasteiger partial charge in [0.25, 0.3) is 0 Å². The molecule has 0 saturated heterocycles. The molecule has 0 aromatic carbocycles. The summed E-state index contributed by atoms with van der Waals surface area (Å²) >= 11 is 1.41. The van der Waals surface area contributed by atoms with Crippen molar-refractivity contribution in [1.82, 2.24) is 24.9 Å². The van der Waals surface area contributed by atoms with Gasteiger partial charge in [0, 0.05) is 17.8 Å². The molecule has 1 N–H and O–H groups in total. The van der Waals surface area contributed by atoms with Gasteiger partial charge in [0.1, 0.15) is 5.82 Å². The summed E-state index contributed by atoms with van der Waals surface area (Å²) < 4.78 is 1.89. The van der Waals surface area contributed by atoms with E-state index in [-0.39, 0.29) is 11.2 Å². The van der Waals surface area contributed by atoms with Crippen molar-refractivity contribution in [2.75, 3.05) is 0 Å². The molecule has 1 saturated carbocycles. The highest BCUT2D eigenvalue weighted by Crippen LogP contribution is 2.25. The average Bonchev–Trinajstić information content (AvgIpc) is 3.10. The Morgan fingerprint density at radius 1 is 1.45 bits per heavy atom. The maximum absolute atomic E-state index is 12.0. The number of hydrogen-bond acceptors (Lipinski definition) is 5. The fourth-order valence-corrected chi connectivity index (χ4v) is 2.95.